The number of nitrogens with one attached hydrogen (secondary N) is 1. The Morgan fingerprint density at radius 2 is 1.57 bits per heavy atom. The lowest BCUT2D eigenvalue weighted by Gasteiger charge is -2.21. The first-order valence-electron chi connectivity index (χ1n) is 11.6. The predicted molar refractivity (Wildman–Crippen MR) is 147 cm³/mol. The second-order valence-electron chi connectivity index (χ2n) is 9.23. The third-order valence-electron chi connectivity index (χ3n) is 5.69. The van der Waals surface area contributed by atoms with Crippen molar-refractivity contribution in [3.63, 3.8) is 0 Å². The van der Waals surface area contributed by atoms with Crippen molar-refractivity contribution in [1.29, 1.82) is 0 Å². The predicted octanol–water partition coefficient (Wildman–Crippen LogP) is 6.38. The van der Waals surface area contributed by atoms with E-state index < -0.39 is 11.7 Å². The van der Waals surface area contributed by atoms with Gasteiger partial charge in [0.15, 0.2) is 0 Å². The summed E-state index contributed by atoms with van der Waals surface area (Å²) >= 11 is 3.47. The highest BCUT2D eigenvalue weighted by Crippen LogP contribution is 2.46. The maximum atomic E-state index is 13.2. The smallest absolute Gasteiger partial charge is 0.421 e. The highest BCUT2D eigenvalue weighted by molar-refractivity contribution is 9.10. The molecule has 1 N–H and O–H groups in total. The average Bonchev–Trinajstić information content (AvgIpc) is 3.22. The van der Waals surface area contributed by atoms with Crippen molar-refractivity contribution < 1.29 is 28.5 Å². The fourth-order valence-corrected chi connectivity index (χ4v) is 4.54. The molecule has 0 amide bonds. The first-order chi connectivity index (χ1) is 17.6. The number of anilines is 1. The number of carbonyl (C=O) groups is 1. The number of hydrogen-bond acceptors (Lipinski definition) is 8. The van der Waals surface area contributed by atoms with Gasteiger partial charge in [0.05, 0.1) is 50.2 Å². The molecule has 10 heteroatoms. The van der Waals surface area contributed by atoms with Crippen molar-refractivity contribution in [2.75, 3.05) is 33.8 Å². The minimum absolute atomic E-state index is 0.267. The van der Waals surface area contributed by atoms with Gasteiger partial charge in [0.25, 0.3) is 0 Å². The van der Waals surface area contributed by atoms with E-state index in [0.717, 1.165) is 15.4 Å². The molecule has 37 heavy (non-hydrogen) atoms. The minimum Gasteiger partial charge on any atom is -0.496 e. The van der Waals surface area contributed by atoms with Crippen molar-refractivity contribution in [3.05, 3.63) is 46.4 Å². The van der Waals surface area contributed by atoms with Crippen LogP contribution in [0.15, 0.2) is 40.9 Å². The summed E-state index contributed by atoms with van der Waals surface area (Å²) in [7, 11) is 6.38. The number of methoxy groups -OCH3 is 4. The maximum Gasteiger partial charge on any atom is 0.421 e. The summed E-state index contributed by atoms with van der Waals surface area (Å²) in [5.41, 5.74) is 1.35. The lowest BCUT2D eigenvalue weighted by molar-refractivity contribution is 0.0547. The van der Waals surface area contributed by atoms with Crippen LogP contribution < -0.4 is 24.3 Å². The quantitative estimate of drug-likeness (QED) is 0.273. The number of rotatable bonds is 7. The van der Waals surface area contributed by atoms with Gasteiger partial charge < -0.3 is 29.0 Å². The minimum atomic E-state index is -0.676. The topological polar surface area (TPSA) is 93.1 Å². The number of carbonyl (C=O) groups excluding carboxylic acids is 1. The number of benzene rings is 3. The van der Waals surface area contributed by atoms with E-state index in [9.17, 15) is 4.79 Å². The van der Waals surface area contributed by atoms with E-state index in [1.54, 1.807) is 28.4 Å². The molecule has 0 aliphatic carbocycles. The molecule has 0 radical (unpaired) electrons. The van der Waals surface area contributed by atoms with E-state index in [1.807, 2.05) is 57.2 Å². The Hall–Kier alpha value is -3.66. The molecule has 0 atom stereocenters. The van der Waals surface area contributed by atoms with Crippen LogP contribution in [0.2, 0.25) is 0 Å². The number of hydrogen-bond donors (Lipinski definition) is 1. The molecule has 0 unspecified atom stereocenters. The van der Waals surface area contributed by atoms with Gasteiger partial charge >= 0.3 is 6.09 Å². The molecule has 1 aromatic heterocycles. The molecule has 3 aromatic carbocycles. The number of halogens is 1. The van der Waals surface area contributed by atoms with E-state index in [0.29, 0.717) is 45.4 Å². The Labute approximate surface area is 223 Å². The molecule has 1 heterocycles. The molecule has 0 bridgehead atoms. The fraction of sp³-hybridized carbons (Fsp3) is 0.333. The van der Waals surface area contributed by atoms with Crippen molar-refractivity contribution >= 4 is 49.8 Å². The number of nitrogens with zero attached hydrogens (tertiary/aromatic N) is 2. The fourth-order valence-electron chi connectivity index (χ4n) is 4.20. The summed E-state index contributed by atoms with van der Waals surface area (Å²) in [6.45, 7) is 5.73. The van der Waals surface area contributed by atoms with Gasteiger partial charge in [-0.1, -0.05) is 15.9 Å². The van der Waals surface area contributed by atoms with Crippen LogP contribution in [0.1, 0.15) is 26.3 Å². The molecule has 196 valence electrons. The monoisotopic (exact) mass is 571 g/mol. The molecule has 0 aliphatic heterocycles. The second kappa shape index (κ2) is 10.4. The molecule has 4 rings (SSSR count). The van der Waals surface area contributed by atoms with Crippen molar-refractivity contribution in [3.8, 4) is 23.0 Å². The van der Waals surface area contributed by atoms with Crippen LogP contribution in [0.4, 0.5) is 10.7 Å². The van der Waals surface area contributed by atoms with Crippen LogP contribution in [0, 0.1) is 0 Å². The molecule has 0 aliphatic rings. The third kappa shape index (κ3) is 5.11. The highest BCUT2D eigenvalue weighted by atomic mass is 79.9. The average molecular weight is 572 g/mol. The number of aromatic nitrogens is 2. The van der Waals surface area contributed by atoms with Crippen LogP contribution in [-0.2, 0) is 11.3 Å². The summed E-state index contributed by atoms with van der Waals surface area (Å²) < 4.78 is 30.7. The molecular weight excluding hydrogens is 542 g/mol. The Kier molecular flexibility index (Phi) is 7.40. The van der Waals surface area contributed by atoms with Crippen LogP contribution in [0.5, 0.6) is 23.0 Å². The first kappa shape index (κ1) is 26.4. The standard InChI is InChI=1S/C27H30BrN3O6/c1-27(2,3)37-26(32)31-18-9-8-16(28)13-17(18)30-25(31)29-14-15-12-21(35-6)22-19(33-4)10-11-20(34-5)23(22)24(15)36-7/h8-13H,14H2,1-7H3,(H,29,30). The SMILES string of the molecule is COc1ccc(OC)c2c(OC)c(CNc3nc4cc(Br)ccc4n3C(=O)OC(C)(C)C)cc(OC)c12. The van der Waals surface area contributed by atoms with Gasteiger partial charge in [-0.2, -0.15) is 0 Å². The van der Waals surface area contributed by atoms with E-state index in [4.69, 9.17) is 23.7 Å². The van der Waals surface area contributed by atoms with E-state index >= 15 is 0 Å². The summed E-state index contributed by atoms with van der Waals surface area (Å²) in [5, 5.41) is 4.74. The third-order valence-corrected chi connectivity index (χ3v) is 6.19. The largest absolute Gasteiger partial charge is 0.496 e. The van der Waals surface area contributed by atoms with Crippen LogP contribution in [0.25, 0.3) is 21.8 Å². The maximum absolute atomic E-state index is 13.2. The van der Waals surface area contributed by atoms with Gasteiger partial charge in [-0.25, -0.2) is 14.3 Å². The van der Waals surface area contributed by atoms with Gasteiger partial charge in [0, 0.05) is 16.6 Å². The zero-order valence-corrected chi connectivity index (χ0v) is 23.5. The molecule has 0 fully saturated rings. The van der Waals surface area contributed by atoms with Gasteiger partial charge in [-0.3, -0.25) is 0 Å². The first-order valence-corrected chi connectivity index (χ1v) is 12.3. The second-order valence-corrected chi connectivity index (χ2v) is 10.1. The normalized spacial score (nSPS) is 11.5. The van der Waals surface area contributed by atoms with Crippen molar-refractivity contribution in [1.82, 2.24) is 9.55 Å². The Morgan fingerprint density at radius 1 is 0.919 bits per heavy atom. The van der Waals surface area contributed by atoms with Gasteiger partial charge in [0.2, 0.25) is 5.95 Å². The molecule has 4 aromatic rings. The van der Waals surface area contributed by atoms with Crippen molar-refractivity contribution in [2.24, 2.45) is 0 Å². The van der Waals surface area contributed by atoms with Crippen LogP contribution >= 0.6 is 15.9 Å². The molecule has 0 spiro atoms. The highest BCUT2D eigenvalue weighted by Gasteiger charge is 2.25. The van der Waals surface area contributed by atoms with Gasteiger partial charge in [-0.05, 0) is 57.2 Å². The zero-order valence-electron chi connectivity index (χ0n) is 21.9. The van der Waals surface area contributed by atoms with Crippen LogP contribution in [0.3, 0.4) is 0 Å². The van der Waals surface area contributed by atoms with E-state index in [-0.39, 0.29) is 6.54 Å². The van der Waals surface area contributed by atoms with Gasteiger partial charge in [-0.15, -0.1) is 0 Å². The summed E-state index contributed by atoms with van der Waals surface area (Å²) in [6.07, 6.45) is -0.533. The molecular formula is C27H30BrN3O6. The zero-order chi connectivity index (χ0) is 26.9. The lowest BCUT2D eigenvalue weighted by atomic mass is 10.0. The summed E-state index contributed by atoms with van der Waals surface area (Å²) in [4.78, 5) is 17.8. The molecule has 0 saturated carbocycles. The van der Waals surface area contributed by atoms with Crippen LogP contribution in [-0.4, -0.2) is 49.7 Å². The molecule has 0 saturated heterocycles. The molecule has 9 nitrogen and oxygen atoms in total. The van der Waals surface area contributed by atoms with Crippen molar-refractivity contribution in [2.45, 2.75) is 32.9 Å². The number of imidazole rings is 1. The summed E-state index contributed by atoms with van der Waals surface area (Å²) in [5.74, 6) is 2.75. The Morgan fingerprint density at radius 3 is 2.16 bits per heavy atom. The lowest BCUT2D eigenvalue weighted by Crippen LogP contribution is -2.28. The summed E-state index contributed by atoms with van der Waals surface area (Å²) in [6, 6.07) is 11.0. The Bertz CT molecular complexity index is 1480. The number of ether oxygens (including phenoxy) is 5. The van der Waals surface area contributed by atoms with Gasteiger partial charge in [0.1, 0.15) is 28.6 Å². The number of fused-ring (bicyclic) bond motifs is 2. The van der Waals surface area contributed by atoms with E-state index in [2.05, 4.69) is 26.2 Å². The van der Waals surface area contributed by atoms with E-state index in [1.165, 1.54) is 4.57 Å². The Balaban J connectivity index is 1.83.